The lowest BCUT2D eigenvalue weighted by molar-refractivity contribution is 0.125. The van der Waals surface area contributed by atoms with Crippen LogP contribution < -0.4 is 10.4 Å². The molecule has 2 aromatic rings. The summed E-state index contributed by atoms with van der Waals surface area (Å²) in [6, 6.07) is 22.3. The van der Waals surface area contributed by atoms with Crippen LogP contribution in [0.25, 0.3) is 0 Å². The Labute approximate surface area is 266 Å². The number of rotatable bonds is 11. The summed E-state index contributed by atoms with van der Waals surface area (Å²) in [7, 11) is -2.54. The highest BCUT2D eigenvalue weighted by molar-refractivity contribution is 6.99. The summed E-state index contributed by atoms with van der Waals surface area (Å²) < 4.78 is 7.42. The Morgan fingerprint density at radius 1 is 0.674 bits per heavy atom. The summed E-state index contributed by atoms with van der Waals surface area (Å²) in [4.78, 5) is 0. The molecular weight excluding hydrogens is 535 g/mol. The molecule has 0 spiro atoms. The fourth-order valence-corrected chi connectivity index (χ4v) is 13.8. The maximum atomic E-state index is 7.42. The number of hydrogen-bond acceptors (Lipinski definition) is 1. The maximum absolute atomic E-state index is 7.42. The Balaban J connectivity index is 1.36. The standard InChI is InChI=1S/C40H59BOSi/c1-38(2,3)43(36-24-14-8-15-25-36,37-26-16-9-17-27-37)42-33-31-40(5)29-19-18-28-39(40,4)30-32-41(34-20-10-6-11-21-34)35-22-12-7-13-23-35/h8-9,14-19,24-29,34-35H,6-7,10-13,20-23,30-33H2,1-5H3/t39-,40-/m1/s1. The molecule has 0 unspecified atom stereocenters. The Morgan fingerprint density at radius 2 is 1.12 bits per heavy atom. The predicted molar refractivity (Wildman–Crippen MR) is 192 cm³/mol. The third-order valence-electron chi connectivity index (χ3n) is 12.2. The van der Waals surface area contributed by atoms with Crippen molar-refractivity contribution in [3.63, 3.8) is 0 Å². The van der Waals surface area contributed by atoms with Crippen molar-refractivity contribution in [3.05, 3.63) is 85.0 Å². The summed E-state index contributed by atoms with van der Waals surface area (Å²) in [5.41, 5.74) is 0.231. The molecule has 2 atom stereocenters. The van der Waals surface area contributed by atoms with Gasteiger partial charge in [-0.1, -0.05) is 208 Å². The summed E-state index contributed by atoms with van der Waals surface area (Å²) in [6.07, 6.45) is 28.2. The molecule has 2 fully saturated rings. The normalized spacial score (nSPS) is 25.6. The van der Waals surface area contributed by atoms with Crippen molar-refractivity contribution in [2.75, 3.05) is 6.61 Å². The minimum Gasteiger partial charge on any atom is -0.407 e. The zero-order valence-corrected chi connectivity index (χ0v) is 29.1. The third kappa shape index (κ3) is 7.04. The van der Waals surface area contributed by atoms with Crippen LogP contribution in [0.4, 0.5) is 0 Å². The second kappa shape index (κ2) is 14.1. The number of benzene rings is 2. The fraction of sp³-hybridized carbons (Fsp3) is 0.600. The SMILES string of the molecule is CC(C)(C)[Si](OCC[C@@]1(C)C=CC=C[C@]1(C)CCB(C1CCCCC1)C1CCCCC1)(c1ccccc1)c1ccccc1. The van der Waals surface area contributed by atoms with E-state index in [1.165, 1.54) is 87.3 Å². The van der Waals surface area contributed by atoms with Crippen molar-refractivity contribution in [2.24, 2.45) is 10.8 Å². The first-order chi connectivity index (χ1) is 20.7. The molecule has 0 amide bonds. The molecule has 5 rings (SSSR count). The second-order valence-corrected chi connectivity index (χ2v) is 20.1. The molecular formula is C40H59BOSi. The van der Waals surface area contributed by atoms with Gasteiger partial charge >= 0.3 is 0 Å². The van der Waals surface area contributed by atoms with E-state index in [1.807, 2.05) is 0 Å². The van der Waals surface area contributed by atoms with Crippen LogP contribution in [0.3, 0.4) is 0 Å². The van der Waals surface area contributed by atoms with E-state index in [-0.39, 0.29) is 15.9 Å². The third-order valence-corrected chi connectivity index (χ3v) is 17.3. The minimum absolute atomic E-state index is 0.00936. The van der Waals surface area contributed by atoms with Gasteiger partial charge in [0.15, 0.2) is 0 Å². The number of hydrogen-bond donors (Lipinski definition) is 0. The summed E-state index contributed by atoms with van der Waals surface area (Å²) in [5, 5.41) is 2.77. The van der Waals surface area contributed by atoms with E-state index in [2.05, 4.69) is 120 Å². The summed E-state index contributed by atoms with van der Waals surface area (Å²) in [5.74, 6) is 1.93. The van der Waals surface area contributed by atoms with Crippen LogP contribution in [-0.2, 0) is 4.43 Å². The van der Waals surface area contributed by atoms with Crippen LogP contribution in [0.15, 0.2) is 85.0 Å². The van der Waals surface area contributed by atoms with Crippen LogP contribution in [0, 0.1) is 10.8 Å². The lowest BCUT2D eigenvalue weighted by atomic mass is 9.28. The van der Waals surface area contributed by atoms with Gasteiger partial charge in [0.2, 0.25) is 0 Å². The van der Waals surface area contributed by atoms with Crippen molar-refractivity contribution in [1.82, 2.24) is 0 Å². The molecule has 0 heterocycles. The largest absolute Gasteiger partial charge is 0.407 e. The quantitative estimate of drug-likeness (QED) is 0.235. The molecule has 2 saturated carbocycles. The zero-order chi connectivity index (χ0) is 30.4. The van der Waals surface area contributed by atoms with Crippen molar-refractivity contribution in [1.29, 1.82) is 0 Å². The molecule has 0 saturated heterocycles. The van der Waals surface area contributed by atoms with Gasteiger partial charge in [-0.25, -0.2) is 0 Å². The Bertz CT molecular complexity index is 1130. The number of allylic oxidation sites excluding steroid dienone is 4. The molecule has 0 aromatic heterocycles. The minimum atomic E-state index is -2.54. The highest BCUT2D eigenvalue weighted by Gasteiger charge is 2.51. The molecule has 43 heavy (non-hydrogen) atoms. The van der Waals surface area contributed by atoms with Crippen LogP contribution in [-0.4, -0.2) is 21.6 Å². The Kier molecular flexibility index (Phi) is 10.7. The smallest absolute Gasteiger partial charge is 0.261 e. The Hall–Kier alpha value is -1.84. The predicted octanol–water partition coefficient (Wildman–Crippen LogP) is 10.6. The van der Waals surface area contributed by atoms with Gasteiger partial charge in [-0.2, -0.15) is 0 Å². The van der Waals surface area contributed by atoms with E-state index in [1.54, 1.807) is 0 Å². The van der Waals surface area contributed by atoms with Crippen molar-refractivity contribution >= 4 is 25.4 Å². The van der Waals surface area contributed by atoms with E-state index in [9.17, 15) is 0 Å². The van der Waals surface area contributed by atoms with Crippen LogP contribution in [0.2, 0.25) is 23.0 Å². The second-order valence-electron chi connectivity index (χ2n) is 15.8. The molecule has 3 aliphatic carbocycles. The average molecular weight is 595 g/mol. The molecule has 3 aliphatic rings. The van der Waals surface area contributed by atoms with Crippen molar-refractivity contribution < 1.29 is 4.43 Å². The molecule has 0 radical (unpaired) electrons. The molecule has 0 bridgehead atoms. The molecule has 1 nitrogen and oxygen atoms in total. The highest BCUT2D eigenvalue weighted by Crippen LogP contribution is 2.52. The summed E-state index contributed by atoms with van der Waals surface area (Å²) in [6.45, 7) is 14.0. The van der Waals surface area contributed by atoms with E-state index in [0.29, 0.717) is 0 Å². The van der Waals surface area contributed by atoms with Gasteiger partial charge in [0.05, 0.1) is 0 Å². The first kappa shape index (κ1) is 32.6. The van der Waals surface area contributed by atoms with Crippen LogP contribution >= 0.6 is 0 Å². The Morgan fingerprint density at radius 3 is 1.56 bits per heavy atom. The van der Waals surface area contributed by atoms with Gasteiger partial charge in [-0.3, -0.25) is 0 Å². The first-order valence-electron chi connectivity index (χ1n) is 17.8. The molecule has 0 N–H and O–H groups in total. The monoisotopic (exact) mass is 594 g/mol. The summed E-state index contributed by atoms with van der Waals surface area (Å²) >= 11 is 0. The van der Waals surface area contributed by atoms with Crippen LogP contribution in [0.5, 0.6) is 0 Å². The molecule has 2 aromatic carbocycles. The van der Waals surface area contributed by atoms with Gasteiger partial charge in [0.1, 0.15) is 6.71 Å². The molecule has 0 aliphatic heterocycles. The van der Waals surface area contributed by atoms with Crippen molar-refractivity contribution in [3.8, 4) is 0 Å². The lowest BCUT2D eigenvalue weighted by Crippen LogP contribution is -2.66. The molecule has 3 heteroatoms. The first-order valence-corrected chi connectivity index (χ1v) is 19.7. The molecule has 232 valence electrons. The van der Waals surface area contributed by atoms with E-state index in [0.717, 1.165) is 31.4 Å². The van der Waals surface area contributed by atoms with Gasteiger partial charge in [0, 0.05) is 6.61 Å². The average Bonchev–Trinajstić information content (AvgIpc) is 3.02. The van der Waals surface area contributed by atoms with Gasteiger partial charge in [-0.05, 0) is 32.7 Å². The zero-order valence-electron chi connectivity index (χ0n) is 28.1. The maximum Gasteiger partial charge on any atom is 0.261 e. The van der Waals surface area contributed by atoms with Gasteiger partial charge < -0.3 is 4.43 Å². The van der Waals surface area contributed by atoms with E-state index in [4.69, 9.17) is 4.43 Å². The highest BCUT2D eigenvalue weighted by atomic mass is 28.4. The topological polar surface area (TPSA) is 9.23 Å². The van der Waals surface area contributed by atoms with E-state index >= 15 is 0 Å². The fourth-order valence-electron chi connectivity index (χ4n) is 9.28. The van der Waals surface area contributed by atoms with Gasteiger partial charge in [-0.15, -0.1) is 0 Å². The van der Waals surface area contributed by atoms with Crippen LogP contribution in [0.1, 0.15) is 112 Å². The van der Waals surface area contributed by atoms with Crippen molar-refractivity contribution in [2.45, 2.75) is 135 Å². The van der Waals surface area contributed by atoms with E-state index < -0.39 is 8.32 Å². The van der Waals surface area contributed by atoms with Gasteiger partial charge in [0.25, 0.3) is 8.32 Å². The lowest BCUT2D eigenvalue weighted by Gasteiger charge is -2.48.